The van der Waals surface area contributed by atoms with E-state index >= 15 is 0 Å². The van der Waals surface area contributed by atoms with Crippen LogP contribution in [-0.4, -0.2) is 40.8 Å². The van der Waals surface area contributed by atoms with E-state index in [9.17, 15) is 4.79 Å². The van der Waals surface area contributed by atoms with Gasteiger partial charge in [-0.3, -0.25) is 4.90 Å². The standard InChI is InChI=1S/C19H27N3O2/c1-13-17(14-8-6-7-9-15(14)21(13)5)16-12-20-10-11-22(16)18(23)24-19(2,3)4/h6-9,16,20H,10-12H2,1-5H3. The second-order valence-corrected chi connectivity index (χ2v) is 7.47. The highest BCUT2D eigenvalue weighted by molar-refractivity contribution is 5.86. The fourth-order valence-corrected chi connectivity index (χ4v) is 3.47. The van der Waals surface area contributed by atoms with Gasteiger partial charge in [0.2, 0.25) is 0 Å². The smallest absolute Gasteiger partial charge is 0.410 e. The van der Waals surface area contributed by atoms with Crippen LogP contribution in [-0.2, 0) is 11.8 Å². The lowest BCUT2D eigenvalue weighted by molar-refractivity contribution is 0.0119. The van der Waals surface area contributed by atoms with Crippen molar-refractivity contribution < 1.29 is 9.53 Å². The highest BCUT2D eigenvalue weighted by atomic mass is 16.6. The first-order chi connectivity index (χ1) is 11.3. The molecule has 0 saturated carbocycles. The Bertz CT molecular complexity index is 758. The number of benzene rings is 1. The molecule has 1 amide bonds. The zero-order valence-electron chi connectivity index (χ0n) is 15.2. The van der Waals surface area contributed by atoms with Crippen molar-refractivity contribution in [2.24, 2.45) is 7.05 Å². The lowest BCUT2D eigenvalue weighted by Gasteiger charge is -2.37. The number of piperazine rings is 1. The minimum absolute atomic E-state index is 0.0142. The molecule has 1 N–H and O–H groups in total. The van der Waals surface area contributed by atoms with Crippen LogP contribution in [0.1, 0.15) is 38.1 Å². The van der Waals surface area contributed by atoms with Crippen molar-refractivity contribution >= 4 is 17.0 Å². The predicted molar refractivity (Wildman–Crippen MR) is 96.2 cm³/mol. The van der Waals surface area contributed by atoms with Gasteiger partial charge < -0.3 is 14.6 Å². The molecule has 1 unspecified atom stereocenters. The lowest BCUT2D eigenvalue weighted by Crippen LogP contribution is -2.50. The van der Waals surface area contributed by atoms with E-state index in [1.165, 1.54) is 22.2 Å². The summed E-state index contributed by atoms with van der Waals surface area (Å²) in [5.41, 5.74) is 3.12. The van der Waals surface area contributed by atoms with Crippen LogP contribution in [0.2, 0.25) is 0 Å². The average Bonchev–Trinajstić information content (AvgIpc) is 2.78. The molecule has 130 valence electrons. The van der Waals surface area contributed by atoms with Gasteiger partial charge in [-0.05, 0) is 33.8 Å². The van der Waals surface area contributed by atoms with E-state index in [-0.39, 0.29) is 12.1 Å². The van der Waals surface area contributed by atoms with E-state index in [0.717, 1.165) is 13.1 Å². The van der Waals surface area contributed by atoms with Gasteiger partial charge in [-0.15, -0.1) is 0 Å². The number of hydrogen-bond acceptors (Lipinski definition) is 3. The number of carbonyl (C=O) groups excluding carboxylic acids is 1. The summed E-state index contributed by atoms with van der Waals surface area (Å²) in [7, 11) is 2.08. The van der Waals surface area contributed by atoms with Gasteiger partial charge >= 0.3 is 6.09 Å². The Kier molecular flexibility index (Phi) is 4.30. The number of nitrogens with zero attached hydrogens (tertiary/aromatic N) is 2. The third kappa shape index (κ3) is 3.00. The molecule has 1 aliphatic heterocycles. The number of nitrogens with one attached hydrogen (secondary N) is 1. The number of fused-ring (bicyclic) bond motifs is 1. The van der Waals surface area contributed by atoms with Crippen molar-refractivity contribution in [3.63, 3.8) is 0 Å². The van der Waals surface area contributed by atoms with E-state index in [1.54, 1.807) is 0 Å². The van der Waals surface area contributed by atoms with Crippen molar-refractivity contribution in [2.75, 3.05) is 19.6 Å². The molecule has 0 bridgehead atoms. The second-order valence-electron chi connectivity index (χ2n) is 7.47. The Hall–Kier alpha value is -2.01. The van der Waals surface area contributed by atoms with E-state index in [1.807, 2.05) is 25.7 Å². The summed E-state index contributed by atoms with van der Waals surface area (Å²) in [5, 5.41) is 4.63. The third-order valence-electron chi connectivity index (χ3n) is 4.65. The van der Waals surface area contributed by atoms with Gasteiger partial charge in [0.25, 0.3) is 0 Å². The van der Waals surface area contributed by atoms with Gasteiger partial charge in [0.15, 0.2) is 0 Å². The lowest BCUT2D eigenvalue weighted by atomic mass is 10.00. The second kappa shape index (κ2) is 6.13. The third-order valence-corrected chi connectivity index (χ3v) is 4.65. The molecule has 1 saturated heterocycles. The fraction of sp³-hybridized carbons (Fsp3) is 0.526. The summed E-state index contributed by atoms with van der Waals surface area (Å²) in [6, 6.07) is 8.36. The first-order valence-electron chi connectivity index (χ1n) is 8.54. The zero-order valence-corrected chi connectivity index (χ0v) is 15.2. The number of rotatable bonds is 1. The van der Waals surface area contributed by atoms with E-state index in [2.05, 4.69) is 48.1 Å². The van der Waals surface area contributed by atoms with Gasteiger partial charge in [0, 0.05) is 48.8 Å². The largest absolute Gasteiger partial charge is 0.444 e. The Morgan fingerprint density at radius 2 is 2.00 bits per heavy atom. The summed E-state index contributed by atoms with van der Waals surface area (Å²) in [6.45, 7) is 10.0. The quantitative estimate of drug-likeness (QED) is 0.872. The van der Waals surface area contributed by atoms with Gasteiger partial charge in [0.05, 0.1) is 6.04 Å². The number of aromatic nitrogens is 1. The van der Waals surface area contributed by atoms with Crippen molar-refractivity contribution in [3.05, 3.63) is 35.5 Å². The molecule has 1 atom stereocenters. The maximum atomic E-state index is 12.7. The molecule has 3 rings (SSSR count). The minimum atomic E-state index is -0.486. The SMILES string of the molecule is Cc1c(C2CNCCN2C(=O)OC(C)(C)C)c2ccccc2n1C. The monoisotopic (exact) mass is 329 g/mol. The van der Waals surface area contributed by atoms with Crippen LogP contribution in [0, 0.1) is 6.92 Å². The Morgan fingerprint density at radius 3 is 2.71 bits per heavy atom. The number of amides is 1. The first-order valence-corrected chi connectivity index (χ1v) is 8.54. The molecule has 0 spiro atoms. The molecule has 2 heterocycles. The van der Waals surface area contributed by atoms with Crippen LogP contribution in [0.15, 0.2) is 24.3 Å². The number of ether oxygens (including phenoxy) is 1. The van der Waals surface area contributed by atoms with Crippen LogP contribution < -0.4 is 5.32 Å². The molecule has 24 heavy (non-hydrogen) atoms. The molecule has 5 heteroatoms. The van der Waals surface area contributed by atoms with Gasteiger partial charge in [-0.1, -0.05) is 18.2 Å². The van der Waals surface area contributed by atoms with E-state index in [0.29, 0.717) is 6.54 Å². The predicted octanol–water partition coefficient (Wildman–Crippen LogP) is 3.37. The van der Waals surface area contributed by atoms with E-state index in [4.69, 9.17) is 4.74 Å². The van der Waals surface area contributed by atoms with Crippen LogP contribution in [0.5, 0.6) is 0 Å². The molecule has 0 radical (unpaired) electrons. The Labute approximate surface area is 143 Å². The first kappa shape index (κ1) is 16.8. The highest BCUT2D eigenvalue weighted by Gasteiger charge is 2.34. The molecular formula is C19H27N3O2. The van der Waals surface area contributed by atoms with Crippen molar-refractivity contribution in [1.29, 1.82) is 0 Å². The molecule has 1 fully saturated rings. The molecule has 5 nitrogen and oxygen atoms in total. The van der Waals surface area contributed by atoms with Crippen molar-refractivity contribution in [2.45, 2.75) is 39.3 Å². The minimum Gasteiger partial charge on any atom is -0.444 e. The fourth-order valence-electron chi connectivity index (χ4n) is 3.47. The number of hydrogen-bond donors (Lipinski definition) is 1. The van der Waals surface area contributed by atoms with Crippen LogP contribution >= 0.6 is 0 Å². The normalized spacial score (nSPS) is 18.9. The summed E-state index contributed by atoms with van der Waals surface area (Å²) >= 11 is 0. The summed E-state index contributed by atoms with van der Waals surface area (Å²) in [6.07, 6.45) is -0.235. The molecule has 1 aromatic carbocycles. The number of para-hydroxylation sites is 1. The molecular weight excluding hydrogens is 302 g/mol. The zero-order chi connectivity index (χ0) is 17.5. The topological polar surface area (TPSA) is 46.5 Å². The molecule has 1 aromatic heterocycles. The summed E-state index contributed by atoms with van der Waals surface area (Å²) in [4.78, 5) is 14.6. The maximum absolute atomic E-state index is 12.7. The van der Waals surface area contributed by atoms with Crippen LogP contribution in [0.3, 0.4) is 0 Å². The van der Waals surface area contributed by atoms with Crippen molar-refractivity contribution in [3.8, 4) is 0 Å². The average molecular weight is 329 g/mol. The van der Waals surface area contributed by atoms with E-state index < -0.39 is 5.60 Å². The molecule has 0 aliphatic carbocycles. The summed E-state index contributed by atoms with van der Waals surface area (Å²) < 4.78 is 7.84. The number of aryl methyl sites for hydroxylation is 1. The number of carbonyl (C=O) groups is 1. The van der Waals surface area contributed by atoms with Crippen LogP contribution in [0.4, 0.5) is 4.79 Å². The highest BCUT2D eigenvalue weighted by Crippen LogP contribution is 2.34. The Morgan fingerprint density at radius 1 is 1.29 bits per heavy atom. The molecule has 2 aromatic rings. The van der Waals surface area contributed by atoms with Crippen LogP contribution in [0.25, 0.3) is 10.9 Å². The van der Waals surface area contributed by atoms with Gasteiger partial charge in [-0.25, -0.2) is 4.79 Å². The van der Waals surface area contributed by atoms with Crippen molar-refractivity contribution in [1.82, 2.24) is 14.8 Å². The van der Waals surface area contributed by atoms with Gasteiger partial charge in [0.1, 0.15) is 5.60 Å². The maximum Gasteiger partial charge on any atom is 0.410 e. The molecule has 1 aliphatic rings. The van der Waals surface area contributed by atoms with Gasteiger partial charge in [-0.2, -0.15) is 0 Å². The Balaban J connectivity index is 2.03. The summed E-state index contributed by atoms with van der Waals surface area (Å²) in [5.74, 6) is 0.